The minimum atomic E-state index is -0.763. The Balaban J connectivity index is 1.97. The van der Waals surface area contributed by atoms with Crippen LogP contribution in [0.4, 0.5) is 0 Å². The van der Waals surface area contributed by atoms with Gasteiger partial charge in [-0.25, -0.2) is 5.43 Å². The number of ether oxygens (including phenoxy) is 3. The van der Waals surface area contributed by atoms with Crippen molar-refractivity contribution < 1.29 is 23.8 Å². The van der Waals surface area contributed by atoms with Gasteiger partial charge >= 0.3 is 0 Å². The largest absolute Gasteiger partial charge is 0.497 e. The lowest BCUT2D eigenvalue weighted by Crippen LogP contribution is -2.47. The van der Waals surface area contributed by atoms with E-state index in [9.17, 15) is 9.59 Å². The summed E-state index contributed by atoms with van der Waals surface area (Å²) in [7, 11) is 3.10. The first-order valence-electron chi connectivity index (χ1n) is 10.0. The molecule has 0 aromatic heterocycles. The predicted octanol–water partition coefficient (Wildman–Crippen LogP) is 3.42. The van der Waals surface area contributed by atoms with Crippen molar-refractivity contribution in [1.29, 1.82) is 0 Å². The zero-order valence-corrected chi connectivity index (χ0v) is 19.3. The molecule has 0 spiro atoms. The zero-order chi connectivity index (χ0) is 23.5. The van der Waals surface area contributed by atoms with Crippen LogP contribution in [0.1, 0.15) is 25.8 Å². The van der Waals surface area contributed by atoms with E-state index in [2.05, 4.69) is 15.8 Å². The van der Waals surface area contributed by atoms with Gasteiger partial charge in [0.1, 0.15) is 23.3 Å². The van der Waals surface area contributed by atoms with Crippen molar-refractivity contribution in [1.82, 2.24) is 10.7 Å². The zero-order valence-electron chi connectivity index (χ0n) is 18.6. The molecule has 2 amide bonds. The summed E-state index contributed by atoms with van der Waals surface area (Å²) in [6.45, 7) is 3.69. The molecular weight excluding hydrogens is 434 g/mol. The SMILES string of the molecule is COc1ccc(OC)c(/C=N\NC(=O)[C@H](CC(C)C)NC(=O)COc2ccc(Cl)cc2)c1. The van der Waals surface area contributed by atoms with Crippen molar-refractivity contribution >= 4 is 29.6 Å². The number of nitrogens with one attached hydrogen (secondary N) is 2. The molecule has 9 heteroatoms. The molecule has 0 fully saturated rings. The van der Waals surface area contributed by atoms with Gasteiger partial charge in [-0.05, 0) is 54.8 Å². The Kier molecular flexibility index (Phi) is 9.81. The summed E-state index contributed by atoms with van der Waals surface area (Å²) in [6, 6.07) is 11.1. The Morgan fingerprint density at radius 3 is 2.38 bits per heavy atom. The van der Waals surface area contributed by atoms with Crippen LogP contribution in [-0.4, -0.2) is 44.9 Å². The molecule has 172 valence electrons. The third kappa shape index (κ3) is 8.11. The van der Waals surface area contributed by atoms with Gasteiger partial charge in [0.25, 0.3) is 11.8 Å². The van der Waals surface area contributed by atoms with E-state index in [1.54, 1.807) is 49.6 Å². The third-order valence-corrected chi connectivity index (χ3v) is 4.61. The van der Waals surface area contributed by atoms with E-state index in [0.717, 1.165) is 0 Å². The first-order valence-corrected chi connectivity index (χ1v) is 10.4. The fraction of sp³-hybridized carbons (Fsp3) is 0.348. The molecule has 32 heavy (non-hydrogen) atoms. The maximum atomic E-state index is 12.6. The Labute approximate surface area is 192 Å². The molecule has 0 bridgehead atoms. The lowest BCUT2D eigenvalue weighted by Gasteiger charge is -2.19. The van der Waals surface area contributed by atoms with E-state index >= 15 is 0 Å². The molecule has 0 radical (unpaired) electrons. The number of hydrazone groups is 1. The lowest BCUT2D eigenvalue weighted by atomic mass is 10.0. The second-order valence-corrected chi connectivity index (χ2v) is 7.77. The molecule has 1 atom stereocenters. The first kappa shape index (κ1) is 25.0. The molecule has 2 N–H and O–H groups in total. The van der Waals surface area contributed by atoms with Crippen LogP contribution < -0.4 is 25.0 Å². The minimum absolute atomic E-state index is 0.172. The molecule has 8 nitrogen and oxygen atoms in total. The highest BCUT2D eigenvalue weighted by molar-refractivity contribution is 6.30. The average molecular weight is 462 g/mol. The Bertz CT molecular complexity index is 932. The normalized spacial score (nSPS) is 11.8. The predicted molar refractivity (Wildman–Crippen MR) is 124 cm³/mol. The van der Waals surface area contributed by atoms with Gasteiger partial charge in [-0.2, -0.15) is 5.10 Å². The lowest BCUT2D eigenvalue weighted by molar-refractivity contribution is -0.130. The van der Waals surface area contributed by atoms with Crippen molar-refractivity contribution in [2.24, 2.45) is 11.0 Å². The van der Waals surface area contributed by atoms with Crippen LogP contribution in [0.3, 0.4) is 0 Å². The molecule has 0 saturated carbocycles. The average Bonchev–Trinajstić information content (AvgIpc) is 2.77. The number of carbonyl (C=O) groups excluding carboxylic acids is 2. The fourth-order valence-electron chi connectivity index (χ4n) is 2.80. The minimum Gasteiger partial charge on any atom is -0.497 e. The van der Waals surface area contributed by atoms with Gasteiger partial charge in [0.15, 0.2) is 6.61 Å². The van der Waals surface area contributed by atoms with Gasteiger partial charge in [-0.15, -0.1) is 0 Å². The number of benzene rings is 2. The van der Waals surface area contributed by atoms with E-state index in [-0.39, 0.29) is 12.5 Å². The smallest absolute Gasteiger partial charge is 0.262 e. The summed E-state index contributed by atoms with van der Waals surface area (Å²) in [5, 5.41) is 7.28. The standard InChI is InChI=1S/C23H28ClN3O5/c1-15(2)11-20(26-22(28)14-32-18-7-5-17(24)6-8-18)23(29)27-25-13-16-12-19(30-3)9-10-21(16)31-4/h5-10,12-13,15,20H,11,14H2,1-4H3,(H,26,28)(H,27,29)/b25-13-/t20-/m0/s1. The molecule has 0 unspecified atom stereocenters. The molecule has 0 aliphatic heterocycles. The molecule has 2 aromatic rings. The van der Waals surface area contributed by atoms with Crippen LogP contribution >= 0.6 is 11.6 Å². The molecule has 2 aromatic carbocycles. The van der Waals surface area contributed by atoms with Crippen molar-refractivity contribution in [2.75, 3.05) is 20.8 Å². The number of halogens is 1. The van der Waals surface area contributed by atoms with Crippen LogP contribution in [0.25, 0.3) is 0 Å². The summed E-state index contributed by atoms with van der Waals surface area (Å²) < 4.78 is 15.9. The van der Waals surface area contributed by atoms with E-state index in [0.29, 0.717) is 34.3 Å². The van der Waals surface area contributed by atoms with Gasteiger partial charge < -0.3 is 19.5 Å². The quantitative estimate of drug-likeness (QED) is 0.394. The Morgan fingerprint density at radius 1 is 1.06 bits per heavy atom. The summed E-state index contributed by atoms with van der Waals surface area (Å²) in [4.78, 5) is 25.0. The van der Waals surface area contributed by atoms with Crippen LogP contribution in [0, 0.1) is 5.92 Å². The van der Waals surface area contributed by atoms with E-state index in [4.69, 9.17) is 25.8 Å². The second-order valence-electron chi connectivity index (χ2n) is 7.33. The van der Waals surface area contributed by atoms with Gasteiger partial charge in [-0.3, -0.25) is 9.59 Å². The molecule has 2 rings (SSSR count). The van der Waals surface area contributed by atoms with E-state index in [1.165, 1.54) is 13.3 Å². The summed E-state index contributed by atoms with van der Waals surface area (Å²) in [5.41, 5.74) is 3.11. The van der Waals surface area contributed by atoms with Gasteiger partial charge in [0.05, 0.1) is 20.4 Å². The molecule has 0 aliphatic rings. The summed E-state index contributed by atoms with van der Waals surface area (Å²) in [6.07, 6.45) is 1.90. The van der Waals surface area contributed by atoms with Crippen molar-refractivity contribution in [3.8, 4) is 17.2 Å². The summed E-state index contributed by atoms with van der Waals surface area (Å²) in [5.74, 6) is 1.03. The number of rotatable bonds is 11. The van der Waals surface area contributed by atoms with Crippen molar-refractivity contribution in [3.63, 3.8) is 0 Å². The molecule has 0 heterocycles. The van der Waals surface area contributed by atoms with Crippen LogP contribution in [-0.2, 0) is 9.59 Å². The highest BCUT2D eigenvalue weighted by Crippen LogP contribution is 2.22. The fourth-order valence-corrected chi connectivity index (χ4v) is 2.93. The molecular formula is C23H28ClN3O5. The van der Waals surface area contributed by atoms with Gasteiger partial charge in [0.2, 0.25) is 0 Å². The van der Waals surface area contributed by atoms with Crippen molar-refractivity contribution in [3.05, 3.63) is 53.1 Å². The number of nitrogens with zero attached hydrogens (tertiary/aromatic N) is 1. The Morgan fingerprint density at radius 2 is 1.75 bits per heavy atom. The Hall–Kier alpha value is -3.26. The second kappa shape index (κ2) is 12.6. The van der Waals surface area contributed by atoms with Gasteiger partial charge in [-0.1, -0.05) is 25.4 Å². The van der Waals surface area contributed by atoms with E-state index < -0.39 is 17.9 Å². The van der Waals surface area contributed by atoms with Crippen LogP contribution in [0.15, 0.2) is 47.6 Å². The number of hydrogen-bond acceptors (Lipinski definition) is 6. The maximum absolute atomic E-state index is 12.6. The number of methoxy groups -OCH3 is 2. The maximum Gasteiger partial charge on any atom is 0.262 e. The molecule has 0 saturated heterocycles. The highest BCUT2D eigenvalue weighted by atomic mass is 35.5. The topological polar surface area (TPSA) is 98.3 Å². The van der Waals surface area contributed by atoms with E-state index in [1.807, 2.05) is 13.8 Å². The monoisotopic (exact) mass is 461 g/mol. The number of amides is 2. The summed E-state index contributed by atoms with van der Waals surface area (Å²) >= 11 is 5.84. The van der Waals surface area contributed by atoms with Crippen LogP contribution in [0.2, 0.25) is 5.02 Å². The van der Waals surface area contributed by atoms with Crippen LogP contribution in [0.5, 0.6) is 17.2 Å². The highest BCUT2D eigenvalue weighted by Gasteiger charge is 2.22. The third-order valence-electron chi connectivity index (χ3n) is 4.36. The van der Waals surface area contributed by atoms with Gasteiger partial charge in [0, 0.05) is 10.6 Å². The first-order chi connectivity index (χ1) is 15.3. The molecule has 0 aliphatic carbocycles. The number of hydrogen-bond donors (Lipinski definition) is 2. The van der Waals surface area contributed by atoms with Crippen molar-refractivity contribution in [2.45, 2.75) is 26.3 Å². The number of carbonyl (C=O) groups is 2.